The fraction of sp³-hybridized carbons (Fsp3) is 0.107. The van der Waals surface area contributed by atoms with Crippen LogP contribution in [0.5, 0.6) is 0 Å². The van der Waals surface area contributed by atoms with Crippen molar-refractivity contribution < 1.29 is 4.79 Å². The molecule has 2 N–H and O–H groups in total. The third-order valence-electron chi connectivity index (χ3n) is 5.74. The minimum Gasteiger partial charge on any atom is -0.335 e. The van der Waals surface area contributed by atoms with Crippen molar-refractivity contribution in [1.82, 2.24) is 15.2 Å². The van der Waals surface area contributed by atoms with Crippen molar-refractivity contribution >= 4 is 28.3 Å². The number of aromatic nitrogens is 1. The van der Waals surface area contributed by atoms with Gasteiger partial charge in [0.25, 0.3) is 0 Å². The molecule has 0 unspecified atom stereocenters. The average Bonchev–Trinajstić information content (AvgIpc) is 3.49. The van der Waals surface area contributed by atoms with Crippen LogP contribution in [0.15, 0.2) is 102 Å². The van der Waals surface area contributed by atoms with E-state index in [9.17, 15) is 4.79 Å². The van der Waals surface area contributed by atoms with Gasteiger partial charge in [0, 0.05) is 36.1 Å². The van der Waals surface area contributed by atoms with Crippen molar-refractivity contribution in [3.8, 4) is 10.6 Å². The molecule has 2 aromatic heterocycles. The summed E-state index contributed by atoms with van der Waals surface area (Å²) in [6.07, 6.45) is 0. The zero-order valence-corrected chi connectivity index (χ0v) is 19.0. The van der Waals surface area contributed by atoms with Gasteiger partial charge in [0.1, 0.15) is 0 Å². The Kier molecular flexibility index (Phi) is 6.22. The number of para-hydroxylation sites is 1. The number of amides is 2. The monoisotopic (exact) mass is 451 g/mol. The van der Waals surface area contributed by atoms with Crippen molar-refractivity contribution in [1.29, 1.82) is 0 Å². The molecule has 5 rings (SSSR count). The first-order valence-corrected chi connectivity index (χ1v) is 11.9. The Morgan fingerprint density at radius 1 is 0.727 bits per heavy atom. The third-order valence-corrected chi connectivity index (χ3v) is 6.61. The molecule has 0 aliphatic carbocycles. The summed E-state index contributed by atoms with van der Waals surface area (Å²) < 4.78 is 2.37. The quantitative estimate of drug-likeness (QED) is 0.295. The van der Waals surface area contributed by atoms with Crippen LogP contribution in [0.2, 0.25) is 0 Å². The van der Waals surface area contributed by atoms with Gasteiger partial charge in [-0.1, -0.05) is 84.9 Å². The number of fused-ring (bicyclic) bond motifs is 1. The summed E-state index contributed by atoms with van der Waals surface area (Å²) in [5, 5.41) is 9.31. The topological polar surface area (TPSA) is 46.1 Å². The second-order valence-electron chi connectivity index (χ2n) is 7.92. The molecule has 2 heterocycles. The number of nitrogens with one attached hydrogen (secondary N) is 2. The molecule has 4 nitrogen and oxygen atoms in total. The van der Waals surface area contributed by atoms with E-state index in [2.05, 4.69) is 81.2 Å². The van der Waals surface area contributed by atoms with Gasteiger partial charge in [-0.25, -0.2) is 4.79 Å². The van der Waals surface area contributed by atoms with Gasteiger partial charge in [-0.3, -0.25) is 0 Å². The predicted octanol–water partition coefficient (Wildman–Crippen LogP) is 6.42. The fourth-order valence-electron chi connectivity index (χ4n) is 4.19. The Hall–Kier alpha value is -3.83. The fourth-order valence-corrected chi connectivity index (χ4v) is 4.99. The van der Waals surface area contributed by atoms with E-state index in [0.717, 1.165) is 17.7 Å². The SMILES string of the molecule is O=C(NCc1ccccc1)NCc1c(-c2cccs2)n(Cc2ccccc2)c2ccccc12. The Morgan fingerprint density at radius 3 is 2.12 bits per heavy atom. The highest BCUT2D eigenvalue weighted by Gasteiger charge is 2.20. The molecule has 0 fully saturated rings. The summed E-state index contributed by atoms with van der Waals surface area (Å²) in [5.74, 6) is 0. The summed E-state index contributed by atoms with van der Waals surface area (Å²) in [7, 11) is 0. The van der Waals surface area contributed by atoms with Gasteiger partial charge in [-0.2, -0.15) is 0 Å². The maximum Gasteiger partial charge on any atom is 0.315 e. The van der Waals surface area contributed by atoms with E-state index in [-0.39, 0.29) is 6.03 Å². The number of hydrogen-bond donors (Lipinski definition) is 2. The molecular formula is C28H25N3OS. The minimum atomic E-state index is -0.170. The molecule has 5 aromatic rings. The van der Waals surface area contributed by atoms with Gasteiger partial charge < -0.3 is 15.2 Å². The highest BCUT2D eigenvalue weighted by atomic mass is 32.1. The first-order valence-electron chi connectivity index (χ1n) is 11.0. The highest BCUT2D eigenvalue weighted by molar-refractivity contribution is 7.13. The Balaban J connectivity index is 1.46. The van der Waals surface area contributed by atoms with Gasteiger partial charge in [0.15, 0.2) is 0 Å². The van der Waals surface area contributed by atoms with E-state index in [4.69, 9.17) is 0 Å². The average molecular weight is 452 g/mol. The molecule has 164 valence electrons. The lowest BCUT2D eigenvalue weighted by Gasteiger charge is -2.12. The lowest BCUT2D eigenvalue weighted by atomic mass is 10.1. The van der Waals surface area contributed by atoms with Gasteiger partial charge in [-0.05, 0) is 28.6 Å². The predicted molar refractivity (Wildman–Crippen MR) is 136 cm³/mol. The number of rotatable bonds is 7. The van der Waals surface area contributed by atoms with Gasteiger partial charge in [-0.15, -0.1) is 11.3 Å². The molecule has 0 spiro atoms. The van der Waals surface area contributed by atoms with Crippen molar-refractivity contribution in [2.45, 2.75) is 19.6 Å². The van der Waals surface area contributed by atoms with Crippen LogP contribution >= 0.6 is 11.3 Å². The van der Waals surface area contributed by atoms with Gasteiger partial charge >= 0.3 is 6.03 Å². The number of urea groups is 1. The van der Waals surface area contributed by atoms with Crippen molar-refractivity contribution in [2.24, 2.45) is 0 Å². The number of carbonyl (C=O) groups excluding carboxylic acids is 1. The molecule has 5 heteroatoms. The van der Waals surface area contributed by atoms with Crippen molar-refractivity contribution in [3.63, 3.8) is 0 Å². The van der Waals surface area contributed by atoms with Crippen LogP contribution in [-0.2, 0) is 19.6 Å². The summed E-state index contributed by atoms with van der Waals surface area (Å²) in [5.41, 5.74) is 5.80. The second kappa shape index (κ2) is 9.76. The van der Waals surface area contributed by atoms with Crippen molar-refractivity contribution in [2.75, 3.05) is 0 Å². The van der Waals surface area contributed by atoms with E-state index >= 15 is 0 Å². The molecule has 0 atom stereocenters. The number of carbonyl (C=O) groups is 1. The largest absolute Gasteiger partial charge is 0.335 e. The zero-order valence-electron chi connectivity index (χ0n) is 18.2. The summed E-state index contributed by atoms with van der Waals surface area (Å²) in [6, 6.07) is 32.9. The molecular weight excluding hydrogens is 426 g/mol. The highest BCUT2D eigenvalue weighted by Crippen LogP contribution is 2.36. The van der Waals surface area contributed by atoms with E-state index in [1.54, 1.807) is 11.3 Å². The molecule has 0 aliphatic heterocycles. The number of benzene rings is 3. The zero-order chi connectivity index (χ0) is 22.5. The molecule has 33 heavy (non-hydrogen) atoms. The molecule has 0 radical (unpaired) electrons. The molecule has 3 aromatic carbocycles. The van der Waals surface area contributed by atoms with Gasteiger partial charge in [0.05, 0.1) is 10.6 Å². The number of nitrogens with zero attached hydrogens (tertiary/aromatic N) is 1. The van der Waals surface area contributed by atoms with E-state index in [0.29, 0.717) is 13.1 Å². The molecule has 0 aliphatic rings. The molecule has 0 saturated carbocycles. The standard InChI is InChI=1S/C28H25N3OS/c32-28(29-18-21-10-3-1-4-11-21)30-19-24-23-14-7-8-15-25(23)31(20-22-12-5-2-6-13-22)27(24)26-16-9-17-33-26/h1-17H,18-20H2,(H2,29,30,32). The van der Waals surface area contributed by atoms with Crippen LogP contribution in [0.3, 0.4) is 0 Å². The minimum absolute atomic E-state index is 0.170. The van der Waals surface area contributed by atoms with Crippen LogP contribution < -0.4 is 10.6 Å². The summed E-state index contributed by atoms with van der Waals surface area (Å²) >= 11 is 1.72. The Labute approximate surface area is 197 Å². The molecule has 0 bridgehead atoms. The third kappa shape index (κ3) is 4.69. The number of hydrogen-bond acceptors (Lipinski definition) is 2. The maximum atomic E-state index is 12.6. The van der Waals surface area contributed by atoms with E-state index in [1.165, 1.54) is 27.0 Å². The van der Waals surface area contributed by atoms with Crippen LogP contribution in [0, 0.1) is 0 Å². The first kappa shape index (κ1) is 21.0. The van der Waals surface area contributed by atoms with Crippen LogP contribution in [0.4, 0.5) is 4.79 Å². The van der Waals surface area contributed by atoms with E-state index in [1.807, 2.05) is 36.4 Å². The van der Waals surface area contributed by atoms with Crippen LogP contribution in [-0.4, -0.2) is 10.6 Å². The van der Waals surface area contributed by atoms with Crippen molar-refractivity contribution in [3.05, 3.63) is 119 Å². The smallest absolute Gasteiger partial charge is 0.315 e. The van der Waals surface area contributed by atoms with Gasteiger partial charge in [0.2, 0.25) is 0 Å². The Morgan fingerprint density at radius 2 is 1.39 bits per heavy atom. The second-order valence-corrected chi connectivity index (χ2v) is 8.86. The molecule has 2 amide bonds. The Bertz CT molecular complexity index is 1340. The summed E-state index contributed by atoms with van der Waals surface area (Å²) in [6.45, 7) is 1.73. The molecule has 0 saturated heterocycles. The maximum absolute atomic E-state index is 12.6. The van der Waals surface area contributed by atoms with Crippen LogP contribution in [0.25, 0.3) is 21.5 Å². The lowest BCUT2D eigenvalue weighted by Crippen LogP contribution is -2.34. The normalized spacial score (nSPS) is 10.9. The number of thiophene rings is 1. The lowest BCUT2D eigenvalue weighted by molar-refractivity contribution is 0.240. The first-order chi connectivity index (χ1) is 16.3. The van der Waals surface area contributed by atoms with E-state index < -0.39 is 0 Å². The summed E-state index contributed by atoms with van der Waals surface area (Å²) in [4.78, 5) is 13.8. The van der Waals surface area contributed by atoms with Crippen LogP contribution in [0.1, 0.15) is 16.7 Å².